The molecule has 6 rings (SSSR count). The summed E-state index contributed by atoms with van der Waals surface area (Å²) < 4.78 is 6.49. The van der Waals surface area contributed by atoms with Gasteiger partial charge < -0.3 is 19.9 Å². The van der Waals surface area contributed by atoms with Crippen molar-refractivity contribution in [2.75, 3.05) is 44.3 Å². The number of aromatic nitrogens is 4. The van der Waals surface area contributed by atoms with Gasteiger partial charge in [0.15, 0.2) is 11.6 Å². The Balaban J connectivity index is 1.34. The molecule has 3 aromatic heterocycles. The van der Waals surface area contributed by atoms with E-state index >= 15 is 0 Å². The summed E-state index contributed by atoms with van der Waals surface area (Å²) in [6.45, 7) is 5.84. The van der Waals surface area contributed by atoms with Crippen molar-refractivity contribution >= 4 is 50.1 Å². The Bertz CT molecular complexity index is 1450. The van der Waals surface area contributed by atoms with Gasteiger partial charge in [0.05, 0.1) is 40.0 Å². The quantitative estimate of drug-likeness (QED) is 0.416. The number of rotatable bonds is 5. The van der Waals surface area contributed by atoms with E-state index in [0.717, 1.165) is 58.4 Å². The minimum atomic E-state index is 0.00896. The molecule has 0 unspecified atom stereocenters. The molecule has 1 aromatic carbocycles. The van der Waals surface area contributed by atoms with E-state index in [0.29, 0.717) is 43.4 Å². The van der Waals surface area contributed by atoms with Crippen LogP contribution < -0.4 is 10.2 Å². The number of morpholine rings is 1. The van der Waals surface area contributed by atoms with Gasteiger partial charge in [-0.1, -0.05) is 19.1 Å². The maximum atomic E-state index is 13.5. The number of benzene rings is 1. The Labute approximate surface area is 218 Å². The third kappa shape index (κ3) is 4.64. The smallest absolute Gasteiger partial charge is 0.264 e. The monoisotopic (exact) mass is 519 g/mol. The molecule has 192 valence electrons. The van der Waals surface area contributed by atoms with E-state index in [-0.39, 0.29) is 17.9 Å². The lowest BCUT2D eigenvalue weighted by molar-refractivity contribution is -0.121. The molecule has 10 nitrogen and oxygen atoms in total. The summed E-state index contributed by atoms with van der Waals surface area (Å²) in [7, 11) is 0. The first kappa shape index (κ1) is 23.8. The number of carbonyl (C=O) groups excluding carboxylic acids is 2. The summed E-state index contributed by atoms with van der Waals surface area (Å²) in [5.41, 5.74) is 2.59. The predicted molar refractivity (Wildman–Crippen MR) is 143 cm³/mol. The number of anilines is 1. The lowest BCUT2D eigenvalue weighted by atomic mass is 10.0. The van der Waals surface area contributed by atoms with Crippen molar-refractivity contribution in [2.24, 2.45) is 0 Å². The summed E-state index contributed by atoms with van der Waals surface area (Å²) in [4.78, 5) is 39.9. The molecule has 2 fully saturated rings. The van der Waals surface area contributed by atoms with Gasteiger partial charge in [-0.05, 0) is 25.0 Å². The molecule has 2 aliphatic rings. The fraction of sp³-hybridized carbons (Fsp3) is 0.423. The normalized spacial score (nSPS) is 17.0. The average molecular weight is 520 g/mol. The highest BCUT2D eigenvalue weighted by atomic mass is 32.1. The molecule has 37 heavy (non-hydrogen) atoms. The standard InChI is InChI=1S/C26H29N7O3S/c1-2-22(34)28-16-6-8-33(9-7-16)26(35)21-14-20-23(37-21)25(32-10-12-36-13-11-32)30-24(29-20)17-4-3-5-19-18(17)15-27-31-19/h3-5,14-16H,2,6-13H2,1H3,(H,27,31)(H,28,34). The number of hydrogen-bond donors (Lipinski definition) is 2. The van der Waals surface area contributed by atoms with Crippen LogP contribution in [-0.4, -0.2) is 82.3 Å². The number of thiophene rings is 1. The van der Waals surface area contributed by atoms with E-state index in [1.807, 2.05) is 36.1 Å². The molecule has 5 heterocycles. The van der Waals surface area contributed by atoms with Crippen LogP contribution in [0.3, 0.4) is 0 Å². The zero-order valence-corrected chi connectivity index (χ0v) is 21.5. The third-order valence-corrected chi connectivity index (χ3v) is 8.18. The number of nitrogens with one attached hydrogen (secondary N) is 2. The highest BCUT2D eigenvalue weighted by Crippen LogP contribution is 2.36. The Morgan fingerprint density at radius 2 is 1.97 bits per heavy atom. The van der Waals surface area contributed by atoms with Gasteiger partial charge >= 0.3 is 0 Å². The first-order chi connectivity index (χ1) is 18.1. The van der Waals surface area contributed by atoms with E-state index < -0.39 is 0 Å². The van der Waals surface area contributed by atoms with E-state index in [1.54, 1.807) is 6.20 Å². The highest BCUT2D eigenvalue weighted by Gasteiger charge is 2.27. The van der Waals surface area contributed by atoms with Gasteiger partial charge in [-0.15, -0.1) is 11.3 Å². The average Bonchev–Trinajstić information content (AvgIpc) is 3.60. The minimum Gasteiger partial charge on any atom is -0.378 e. The van der Waals surface area contributed by atoms with Crippen LogP contribution in [0.2, 0.25) is 0 Å². The van der Waals surface area contributed by atoms with Crippen LogP contribution in [-0.2, 0) is 9.53 Å². The molecule has 0 saturated carbocycles. The number of piperidine rings is 1. The first-order valence-corrected chi connectivity index (χ1v) is 13.6. The Hall–Kier alpha value is -3.57. The van der Waals surface area contributed by atoms with E-state index in [4.69, 9.17) is 14.7 Å². The fourth-order valence-corrected chi connectivity index (χ4v) is 6.09. The number of nitrogens with zero attached hydrogens (tertiary/aromatic N) is 5. The molecule has 4 aromatic rings. The van der Waals surface area contributed by atoms with E-state index in [2.05, 4.69) is 20.4 Å². The van der Waals surface area contributed by atoms with Crippen molar-refractivity contribution in [2.45, 2.75) is 32.2 Å². The molecule has 2 N–H and O–H groups in total. The number of amides is 2. The Morgan fingerprint density at radius 3 is 2.76 bits per heavy atom. The van der Waals surface area contributed by atoms with Crippen LogP contribution in [0.5, 0.6) is 0 Å². The second-order valence-electron chi connectivity index (χ2n) is 9.42. The van der Waals surface area contributed by atoms with Crippen molar-refractivity contribution < 1.29 is 14.3 Å². The molecular weight excluding hydrogens is 490 g/mol. The van der Waals surface area contributed by atoms with Crippen molar-refractivity contribution in [3.63, 3.8) is 0 Å². The lowest BCUT2D eigenvalue weighted by Crippen LogP contribution is -2.46. The number of fused-ring (bicyclic) bond motifs is 2. The van der Waals surface area contributed by atoms with Gasteiger partial charge in [0.2, 0.25) is 5.91 Å². The molecule has 0 atom stereocenters. The van der Waals surface area contributed by atoms with Crippen LogP contribution in [0.4, 0.5) is 5.82 Å². The highest BCUT2D eigenvalue weighted by molar-refractivity contribution is 7.21. The third-order valence-electron chi connectivity index (χ3n) is 7.07. The largest absolute Gasteiger partial charge is 0.378 e. The van der Waals surface area contributed by atoms with Crippen molar-refractivity contribution in [1.82, 2.24) is 30.4 Å². The molecular formula is C26H29N7O3S. The van der Waals surface area contributed by atoms with Crippen LogP contribution in [0.15, 0.2) is 30.5 Å². The molecule has 2 aliphatic heterocycles. The van der Waals surface area contributed by atoms with E-state index in [9.17, 15) is 9.59 Å². The van der Waals surface area contributed by atoms with Gasteiger partial charge in [0, 0.05) is 49.6 Å². The van der Waals surface area contributed by atoms with Crippen molar-refractivity contribution in [3.8, 4) is 11.4 Å². The maximum Gasteiger partial charge on any atom is 0.264 e. The molecule has 2 saturated heterocycles. The molecule has 0 bridgehead atoms. The number of hydrogen-bond acceptors (Lipinski definition) is 8. The van der Waals surface area contributed by atoms with E-state index in [1.165, 1.54) is 11.3 Å². The summed E-state index contributed by atoms with van der Waals surface area (Å²) in [6, 6.07) is 7.98. The minimum absolute atomic E-state index is 0.00896. The molecule has 0 aliphatic carbocycles. The molecule has 11 heteroatoms. The maximum absolute atomic E-state index is 13.5. The lowest BCUT2D eigenvalue weighted by Gasteiger charge is -2.32. The Kier molecular flexibility index (Phi) is 6.47. The number of aromatic amines is 1. The predicted octanol–water partition coefficient (Wildman–Crippen LogP) is 3.20. The van der Waals surface area contributed by atoms with Gasteiger partial charge in [-0.2, -0.15) is 5.10 Å². The number of likely N-dealkylation sites (tertiary alicyclic amines) is 1. The Morgan fingerprint density at radius 1 is 1.16 bits per heavy atom. The topological polar surface area (TPSA) is 116 Å². The van der Waals surface area contributed by atoms with Crippen LogP contribution >= 0.6 is 11.3 Å². The SMILES string of the molecule is CCC(=O)NC1CCN(C(=O)c2cc3nc(-c4cccc5[nH]ncc45)nc(N4CCOCC4)c3s2)CC1. The van der Waals surface area contributed by atoms with Gasteiger partial charge in [0.25, 0.3) is 5.91 Å². The molecule has 2 amide bonds. The number of carbonyl (C=O) groups is 2. The fourth-order valence-electron chi connectivity index (χ4n) is 5.01. The number of H-pyrrole nitrogens is 1. The van der Waals surface area contributed by atoms with Crippen molar-refractivity contribution in [1.29, 1.82) is 0 Å². The zero-order chi connectivity index (χ0) is 25.4. The molecule has 0 radical (unpaired) electrons. The zero-order valence-electron chi connectivity index (χ0n) is 20.7. The van der Waals surface area contributed by atoms with Crippen molar-refractivity contribution in [3.05, 3.63) is 35.3 Å². The van der Waals surface area contributed by atoms with Crippen LogP contribution in [0.25, 0.3) is 32.5 Å². The van der Waals surface area contributed by atoms with Gasteiger partial charge in [0.1, 0.15) is 0 Å². The second-order valence-corrected chi connectivity index (χ2v) is 10.5. The van der Waals surface area contributed by atoms with Crippen LogP contribution in [0.1, 0.15) is 35.9 Å². The first-order valence-electron chi connectivity index (χ1n) is 12.8. The molecule has 0 spiro atoms. The second kappa shape index (κ2) is 10.1. The summed E-state index contributed by atoms with van der Waals surface area (Å²) in [5, 5.41) is 11.2. The van der Waals surface area contributed by atoms with Crippen LogP contribution in [0, 0.1) is 0 Å². The summed E-state index contributed by atoms with van der Waals surface area (Å²) in [5.74, 6) is 1.53. The van der Waals surface area contributed by atoms with Gasteiger partial charge in [-0.25, -0.2) is 9.97 Å². The van der Waals surface area contributed by atoms with Gasteiger partial charge in [-0.3, -0.25) is 14.7 Å². The number of ether oxygens (including phenoxy) is 1. The summed E-state index contributed by atoms with van der Waals surface area (Å²) in [6.07, 6.45) is 3.80. The summed E-state index contributed by atoms with van der Waals surface area (Å²) >= 11 is 1.46.